The highest BCUT2D eigenvalue weighted by Gasteiger charge is 2.34. The molecule has 0 unspecified atom stereocenters. The fraction of sp³-hybridized carbons (Fsp3) is 0.692. The Balaban J connectivity index is 2.93. The lowest BCUT2D eigenvalue weighted by Crippen LogP contribution is -2.28. The van der Waals surface area contributed by atoms with Gasteiger partial charge in [-0.05, 0) is 122 Å². The van der Waals surface area contributed by atoms with Gasteiger partial charge in [0.1, 0.15) is 0 Å². The minimum absolute atomic E-state index is 0.0166. The molecular formula is C39H64. The van der Waals surface area contributed by atoms with Crippen LogP contribution in [0, 0.1) is 0 Å². The van der Waals surface area contributed by atoms with Gasteiger partial charge in [0.15, 0.2) is 0 Å². The second kappa shape index (κ2) is 18.0. The van der Waals surface area contributed by atoms with Crippen molar-refractivity contribution in [2.45, 2.75) is 176 Å². The molecule has 0 saturated heterocycles. The van der Waals surface area contributed by atoms with Gasteiger partial charge in [0, 0.05) is 5.41 Å². The standard InChI is InChI=1S/C39H64/c1-9-15-21-31-27-29-33(23-17-11-3)37(35(31)25-19-13-5)39(7,8)38-34(24-18-12-4)30-28-32(22-16-10-2)36(38)26-20-14-6/h27-30H,9-26H2,1-8H3. The minimum atomic E-state index is 0.0166. The predicted molar refractivity (Wildman–Crippen MR) is 177 cm³/mol. The Hall–Kier alpha value is -1.56. The first kappa shape index (κ1) is 33.6. The van der Waals surface area contributed by atoms with E-state index in [2.05, 4.69) is 79.7 Å². The Morgan fingerprint density at radius 3 is 0.949 bits per heavy atom. The van der Waals surface area contributed by atoms with Crippen molar-refractivity contribution in [1.82, 2.24) is 0 Å². The van der Waals surface area contributed by atoms with Crippen LogP contribution in [-0.2, 0) is 43.9 Å². The maximum atomic E-state index is 2.61. The van der Waals surface area contributed by atoms with Crippen LogP contribution < -0.4 is 0 Å². The van der Waals surface area contributed by atoms with E-state index in [0.29, 0.717) is 0 Å². The second-order valence-electron chi connectivity index (χ2n) is 12.7. The normalized spacial score (nSPS) is 11.9. The minimum Gasteiger partial charge on any atom is -0.0654 e. The zero-order valence-electron chi connectivity index (χ0n) is 27.5. The van der Waals surface area contributed by atoms with Crippen LogP contribution in [-0.4, -0.2) is 0 Å². The van der Waals surface area contributed by atoms with Gasteiger partial charge < -0.3 is 0 Å². The molecule has 0 amide bonds. The van der Waals surface area contributed by atoms with E-state index in [9.17, 15) is 0 Å². The number of hydrogen-bond donors (Lipinski definition) is 0. The van der Waals surface area contributed by atoms with Crippen molar-refractivity contribution < 1.29 is 0 Å². The molecule has 0 heterocycles. The van der Waals surface area contributed by atoms with Crippen LogP contribution in [0.5, 0.6) is 0 Å². The quantitative estimate of drug-likeness (QED) is 0.159. The summed E-state index contributed by atoms with van der Waals surface area (Å²) in [6.07, 6.45) is 22.7. The Labute approximate surface area is 244 Å². The summed E-state index contributed by atoms with van der Waals surface area (Å²) in [4.78, 5) is 0. The lowest BCUT2D eigenvalue weighted by atomic mass is 9.67. The highest BCUT2D eigenvalue weighted by molar-refractivity contribution is 5.56. The largest absolute Gasteiger partial charge is 0.0654 e. The fourth-order valence-electron chi connectivity index (χ4n) is 6.79. The first-order valence-electron chi connectivity index (χ1n) is 17.2. The molecule has 2 rings (SSSR count). The van der Waals surface area contributed by atoms with Crippen LogP contribution in [0.2, 0.25) is 0 Å². The van der Waals surface area contributed by atoms with Gasteiger partial charge in [-0.15, -0.1) is 0 Å². The third kappa shape index (κ3) is 9.23. The molecule has 0 N–H and O–H groups in total. The average molecular weight is 533 g/mol. The van der Waals surface area contributed by atoms with Crippen LogP contribution in [0.1, 0.15) is 177 Å². The van der Waals surface area contributed by atoms with Crippen molar-refractivity contribution in [3.63, 3.8) is 0 Å². The van der Waals surface area contributed by atoms with Gasteiger partial charge in [-0.2, -0.15) is 0 Å². The van der Waals surface area contributed by atoms with Gasteiger partial charge in [-0.3, -0.25) is 0 Å². The second-order valence-corrected chi connectivity index (χ2v) is 12.7. The smallest absolute Gasteiger partial charge is 0.0157 e. The molecule has 0 heteroatoms. The van der Waals surface area contributed by atoms with E-state index in [1.165, 1.54) is 116 Å². The molecule has 2 aromatic carbocycles. The number of unbranched alkanes of at least 4 members (excludes halogenated alkanes) is 6. The van der Waals surface area contributed by atoms with Crippen molar-refractivity contribution >= 4 is 0 Å². The van der Waals surface area contributed by atoms with E-state index >= 15 is 0 Å². The lowest BCUT2D eigenvalue weighted by molar-refractivity contribution is 0.585. The summed E-state index contributed by atoms with van der Waals surface area (Å²) >= 11 is 0. The summed E-state index contributed by atoms with van der Waals surface area (Å²) < 4.78 is 0. The van der Waals surface area contributed by atoms with E-state index in [1.807, 2.05) is 0 Å². The molecule has 0 aliphatic heterocycles. The molecule has 0 fully saturated rings. The van der Waals surface area contributed by atoms with Gasteiger partial charge in [0.2, 0.25) is 0 Å². The Morgan fingerprint density at radius 2 is 0.641 bits per heavy atom. The van der Waals surface area contributed by atoms with E-state index < -0.39 is 0 Å². The van der Waals surface area contributed by atoms with Crippen LogP contribution in [0.25, 0.3) is 0 Å². The summed E-state index contributed by atoms with van der Waals surface area (Å²) in [6, 6.07) is 10.1. The fourth-order valence-corrected chi connectivity index (χ4v) is 6.79. The Morgan fingerprint density at radius 1 is 0.385 bits per heavy atom. The summed E-state index contributed by atoms with van der Waals surface area (Å²) in [5.74, 6) is 0. The average Bonchev–Trinajstić information content (AvgIpc) is 2.94. The highest BCUT2D eigenvalue weighted by atomic mass is 14.4. The zero-order chi connectivity index (χ0) is 28.7. The third-order valence-electron chi connectivity index (χ3n) is 9.00. The molecule has 0 nitrogen and oxygen atoms in total. The number of benzene rings is 2. The van der Waals surface area contributed by atoms with E-state index in [0.717, 1.165) is 0 Å². The molecule has 0 aliphatic rings. The summed E-state index contributed by atoms with van der Waals surface area (Å²) in [5.41, 5.74) is 13.4. The summed E-state index contributed by atoms with van der Waals surface area (Å²) in [6.45, 7) is 19.3. The zero-order valence-corrected chi connectivity index (χ0v) is 27.5. The van der Waals surface area contributed by atoms with Gasteiger partial charge >= 0.3 is 0 Å². The number of aryl methyl sites for hydroxylation is 4. The summed E-state index contributed by atoms with van der Waals surface area (Å²) in [5, 5.41) is 0. The maximum absolute atomic E-state index is 2.61. The molecule has 39 heavy (non-hydrogen) atoms. The molecule has 0 radical (unpaired) electrons. The highest BCUT2D eigenvalue weighted by Crippen LogP contribution is 2.43. The molecule has 0 saturated carbocycles. The number of hydrogen-bond acceptors (Lipinski definition) is 0. The van der Waals surface area contributed by atoms with Crippen molar-refractivity contribution in [2.75, 3.05) is 0 Å². The molecule has 0 bridgehead atoms. The van der Waals surface area contributed by atoms with Crippen molar-refractivity contribution in [3.05, 3.63) is 68.8 Å². The predicted octanol–water partition coefficient (Wildman–Crippen LogP) is 12.1. The Bertz CT molecular complexity index is 883. The van der Waals surface area contributed by atoms with Gasteiger partial charge in [0.05, 0.1) is 0 Å². The molecule has 0 aliphatic carbocycles. The lowest BCUT2D eigenvalue weighted by Gasteiger charge is -2.37. The van der Waals surface area contributed by atoms with Crippen molar-refractivity contribution in [3.8, 4) is 0 Å². The SMILES string of the molecule is CCCCc1ccc(CCCC)c(C(C)(C)c2c(CCCC)ccc(CCCC)c2CCCC)c1CCCC. The van der Waals surface area contributed by atoms with Crippen molar-refractivity contribution in [1.29, 1.82) is 0 Å². The molecular weight excluding hydrogens is 468 g/mol. The molecule has 220 valence electrons. The number of rotatable bonds is 20. The molecule has 2 aromatic rings. The summed E-state index contributed by atoms with van der Waals surface area (Å²) in [7, 11) is 0. The Kier molecular flexibility index (Phi) is 15.5. The van der Waals surface area contributed by atoms with Gasteiger partial charge in [-0.25, -0.2) is 0 Å². The van der Waals surface area contributed by atoms with Crippen LogP contribution in [0.3, 0.4) is 0 Å². The van der Waals surface area contributed by atoms with Crippen LogP contribution in [0.4, 0.5) is 0 Å². The topological polar surface area (TPSA) is 0 Å². The first-order chi connectivity index (χ1) is 18.9. The molecule has 0 atom stereocenters. The molecule has 0 aromatic heterocycles. The third-order valence-corrected chi connectivity index (χ3v) is 9.00. The van der Waals surface area contributed by atoms with E-state index in [1.54, 1.807) is 44.5 Å². The first-order valence-corrected chi connectivity index (χ1v) is 17.2. The van der Waals surface area contributed by atoms with Gasteiger partial charge in [0.25, 0.3) is 0 Å². The monoisotopic (exact) mass is 533 g/mol. The van der Waals surface area contributed by atoms with Gasteiger partial charge in [-0.1, -0.05) is 118 Å². The van der Waals surface area contributed by atoms with Crippen LogP contribution >= 0.6 is 0 Å². The van der Waals surface area contributed by atoms with E-state index in [4.69, 9.17) is 0 Å². The van der Waals surface area contributed by atoms with Crippen molar-refractivity contribution in [2.24, 2.45) is 0 Å². The van der Waals surface area contributed by atoms with E-state index in [-0.39, 0.29) is 5.41 Å². The van der Waals surface area contributed by atoms with Crippen LogP contribution in [0.15, 0.2) is 24.3 Å². The molecule has 0 spiro atoms. The maximum Gasteiger partial charge on any atom is 0.0157 e.